The summed E-state index contributed by atoms with van der Waals surface area (Å²) in [5.41, 5.74) is 2.39. The van der Waals surface area contributed by atoms with Crippen LogP contribution in [0.5, 0.6) is 0 Å². The molecule has 0 bridgehead atoms. The number of hydrogen-bond donors (Lipinski definition) is 1. The fourth-order valence-corrected chi connectivity index (χ4v) is 2.53. The summed E-state index contributed by atoms with van der Waals surface area (Å²) >= 11 is 8.42. The third kappa shape index (κ3) is 3.46. The largest absolute Gasteiger partial charge is 0.250 e. The molecule has 23 heavy (non-hydrogen) atoms. The van der Waals surface area contributed by atoms with Crippen molar-refractivity contribution in [2.24, 2.45) is 5.10 Å². The van der Waals surface area contributed by atoms with E-state index in [-0.39, 0.29) is 5.82 Å². The Hall–Kier alpha value is -2.12. The number of benzene rings is 2. The number of hydrogen-bond acceptors (Lipinski definition) is 3. The van der Waals surface area contributed by atoms with E-state index in [1.165, 1.54) is 17.0 Å². The Bertz CT molecular complexity index is 928. The zero-order valence-corrected chi connectivity index (χ0v) is 14.5. The first-order valence-electron chi connectivity index (χ1n) is 6.78. The highest BCUT2D eigenvalue weighted by molar-refractivity contribution is 9.10. The number of aromatic nitrogens is 3. The van der Waals surface area contributed by atoms with Crippen molar-refractivity contribution >= 4 is 34.4 Å². The number of aryl methyl sites for hydroxylation is 1. The van der Waals surface area contributed by atoms with Crippen molar-refractivity contribution < 1.29 is 4.39 Å². The van der Waals surface area contributed by atoms with Crippen LogP contribution in [-0.2, 0) is 0 Å². The molecule has 1 aromatic heterocycles. The van der Waals surface area contributed by atoms with Gasteiger partial charge in [-0.05, 0) is 37.3 Å². The summed E-state index contributed by atoms with van der Waals surface area (Å²) in [6.07, 6.45) is 1.42. The minimum absolute atomic E-state index is 0.342. The Labute approximate surface area is 145 Å². The maximum absolute atomic E-state index is 13.9. The van der Waals surface area contributed by atoms with Crippen LogP contribution in [0, 0.1) is 17.5 Å². The van der Waals surface area contributed by atoms with Gasteiger partial charge in [0.15, 0.2) is 5.82 Å². The Balaban J connectivity index is 2.00. The molecular weight excluding hydrogens is 379 g/mol. The van der Waals surface area contributed by atoms with Crippen LogP contribution in [0.4, 0.5) is 4.39 Å². The second-order valence-electron chi connectivity index (χ2n) is 4.94. The predicted molar refractivity (Wildman–Crippen MR) is 94.7 cm³/mol. The Morgan fingerprint density at radius 3 is 2.70 bits per heavy atom. The topological polar surface area (TPSA) is 46.0 Å². The van der Waals surface area contributed by atoms with Gasteiger partial charge in [-0.3, -0.25) is 0 Å². The van der Waals surface area contributed by atoms with Crippen LogP contribution in [-0.4, -0.2) is 21.1 Å². The highest BCUT2D eigenvalue weighted by atomic mass is 79.9. The van der Waals surface area contributed by atoms with Gasteiger partial charge < -0.3 is 0 Å². The van der Waals surface area contributed by atoms with E-state index < -0.39 is 0 Å². The first-order chi connectivity index (χ1) is 11.0. The molecule has 4 nitrogen and oxygen atoms in total. The lowest BCUT2D eigenvalue weighted by Crippen LogP contribution is -1.96. The van der Waals surface area contributed by atoms with Gasteiger partial charge in [0, 0.05) is 15.6 Å². The Morgan fingerprint density at radius 1 is 1.26 bits per heavy atom. The van der Waals surface area contributed by atoms with Crippen LogP contribution in [0.3, 0.4) is 0 Å². The van der Waals surface area contributed by atoms with Crippen molar-refractivity contribution in [3.8, 4) is 11.4 Å². The molecule has 7 heteroatoms. The third-order valence-electron chi connectivity index (χ3n) is 3.23. The van der Waals surface area contributed by atoms with Crippen LogP contribution >= 0.6 is 28.1 Å². The van der Waals surface area contributed by atoms with E-state index in [0.29, 0.717) is 20.6 Å². The molecule has 0 saturated carbocycles. The fraction of sp³-hybridized carbons (Fsp3) is 0.0625. The highest BCUT2D eigenvalue weighted by Crippen LogP contribution is 2.18. The molecule has 0 fully saturated rings. The zero-order chi connectivity index (χ0) is 16.4. The summed E-state index contributed by atoms with van der Waals surface area (Å²) in [6, 6.07) is 12.6. The highest BCUT2D eigenvalue weighted by Gasteiger charge is 2.08. The van der Waals surface area contributed by atoms with E-state index in [1.54, 1.807) is 12.1 Å². The van der Waals surface area contributed by atoms with E-state index in [0.717, 1.165) is 11.1 Å². The van der Waals surface area contributed by atoms with Gasteiger partial charge in [0.1, 0.15) is 5.82 Å². The molecule has 0 atom stereocenters. The molecule has 3 rings (SSSR count). The van der Waals surface area contributed by atoms with E-state index in [2.05, 4.69) is 31.2 Å². The maximum Gasteiger partial charge on any atom is 0.216 e. The SMILES string of the molecule is Cc1ccc(-c2n[nH]c(=S)n2/N=C\c2ccc(Br)cc2F)cc1. The average molecular weight is 391 g/mol. The van der Waals surface area contributed by atoms with E-state index in [1.807, 2.05) is 31.2 Å². The lowest BCUT2D eigenvalue weighted by atomic mass is 10.1. The van der Waals surface area contributed by atoms with Gasteiger partial charge >= 0.3 is 0 Å². The van der Waals surface area contributed by atoms with Gasteiger partial charge in [-0.1, -0.05) is 45.8 Å². The smallest absolute Gasteiger partial charge is 0.216 e. The van der Waals surface area contributed by atoms with Crippen molar-refractivity contribution in [1.82, 2.24) is 14.9 Å². The fourth-order valence-electron chi connectivity index (χ4n) is 2.01. The standard InChI is InChI=1S/C16H12BrFN4S/c1-10-2-4-11(5-3-10)15-20-21-16(23)22(15)19-9-12-6-7-13(17)8-14(12)18/h2-9H,1H3,(H,21,23)/b19-9-. The van der Waals surface area contributed by atoms with Crippen molar-refractivity contribution in [1.29, 1.82) is 0 Å². The molecule has 0 unspecified atom stereocenters. The minimum Gasteiger partial charge on any atom is -0.250 e. The molecule has 0 aliphatic rings. The van der Waals surface area contributed by atoms with Crippen molar-refractivity contribution in [2.45, 2.75) is 6.92 Å². The van der Waals surface area contributed by atoms with Gasteiger partial charge in [-0.15, -0.1) is 0 Å². The molecule has 0 spiro atoms. The first-order valence-corrected chi connectivity index (χ1v) is 7.98. The lowest BCUT2D eigenvalue weighted by molar-refractivity contribution is 0.624. The number of halogens is 2. The summed E-state index contributed by atoms with van der Waals surface area (Å²) in [4.78, 5) is 0. The number of nitrogens with one attached hydrogen (secondary N) is 1. The lowest BCUT2D eigenvalue weighted by Gasteiger charge is -2.02. The summed E-state index contributed by atoms with van der Waals surface area (Å²) in [5, 5.41) is 11.2. The number of H-pyrrole nitrogens is 1. The molecule has 0 saturated heterocycles. The molecule has 0 aliphatic heterocycles. The van der Waals surface area contributed by atoms with Gasteiger partial charge in [0.05, 0.1) is 6.21 Å². The number of rotatable bonds is 3. The van der Waals surface area contributed by atoms with Gasteiger partial charge in [-0.25, -0.2) is 9.49 Å². The second-order valence-corrected chi connectivity index (χ2v) is 6.24. The average Bonchev–Trinajstić information content (AvgIpc) is 2.88. The molecule has 0 radical (unpaired) electrons. The van der Waals surface area contributed by atoms with E-state index in [9.17, 15) is 4.39 Å². The quantitative estimate of drug-likeness (QED) is 0.520. The summed E-state index contributed by atoms with van der Waals surface area (Å²) in [5.74, 6) is 0.207. The monoisotopic (exact) mass is 390 g/mol. The number of aromatic amines is 1. The van der Waals surface area contributed by atoms with Gasteiger partial charge in [0.2, 0.25) is 4.77 Å². The Morgan fingerprint density at radius 2 is 2.00 bits per heavy atom. The molecule has 0 amide bonds. The predicted octanol–water partition coefficient (Wildman–Crippen LogP) is 4.70. The molecule has 3 aromatic rings. The molecular formula is C16H12BrFN4S. The second kappa shape index (κ2) is 6.55. The summed E-state index contributed by atoms with van der Waals surface area (Å²) in [6.45, 7) is 2.01. The summed E-state index contributed by atoms with van der Waals surface area (Å²) in [7, 11) is 0. The normalized spacial score (nSPS) is 11.3. The van der Waals surface area contributed by atoms with Gasteiger partial charge in [-0.2, -0.15) is 14.9 Å². The molecule has 116 valence electrons. The third-order valence-corrected chi connectivity index (χ3v) is 3.99. The molecule has 0 aliphatic carbocycles. The van der Waals surface area contributed by atoms with Crippen molar-refractivity contribution in [3.05, 3.63) is 68.7 Å². The van der Waals surface area contributed by atoms with Crippen LogP contribution in [0.2, 0.25) is 0 Å². The van der Waals surface area contributed by atoms with Crippen LogP contribution in [0.25, 0.3) is 11.4 Å². The van der Waals surface area contributed by atoms with Crippen molar-refractivity contribution in [3.63, 3.8) is 0 Å². The molecule has 1 N–H and O–H groups in total. The van der Waals surface area contributed by atoms with Crippen LogP contribution in [0.15, 0.2) is 52.0 Å². The molecule has 1 heterocycles. The van der Waals surface area contributed by atoms with Crippen LogP contribution in [0.1, 0.15) is 11.1 Å². The summed E-state index contributed by atoms with van der Waals surface area (Å²) < 4.78 is 16.4. The van der Waals surface area contributed by atoms with E-state index >= 15 is 0 Å². The zero-order valence-electron chi connectivity index (χ0n) is 12.1. The van der Waals surface area contributed by atoms with E-state index in [4.69, 9.17) is 12.2 Å². The van der Waals surface area contributed by atoms with Crippen molar-refractivity contribution in [2.75, 3.05) is 0 Å². The van der Waals surface area contributed by atoms with Gasteiger partial charge in [0.25, 0.3) is 0 Å². The van der Waals surface area contributed by atoms with Crippen LogP contribution < -0.4 is 0 Å². The molecule has 2 aromatic carbocycles. The number of nitrogens with zero attached hydrogens (tertiary/aromatic N) is 3. The Kier molecular flexibility index (Phi) is 4.49. The minimum atomic E-state index is -0.366. The first kappa shape index (κ1) is 15.8. The maximum atomic E-state index is 13.9.